The highest BCUT2D eigenvalue weighted by atomic mass is 35.5. The second kappa shape index (κ2) is 9.71. The summed E-state index contributed by atoms with van der Waals surface area (Å²) in [5.41, 5.74) is 1.27. The van der Waals surface area contributed by atoms with Gasteiger partial charge in [-0.05, 0) is 47.9 Å². The normalized spacial score (nSPS) is 11.0. The van der Waals surface area contributed by atoms with E-state index in [1.54, 1.807) is 12.1 Å². The molecule has 0 saturated heterocycles. The van der Waals surface area contributed by atoms with Gasteiger partial charge >= 0.3 is 0 Å². The number of hydrogen-bond acceptors (Lipinski definition) is 6. The van der Waals surface area contributed by atoms with E-state index in [9.17, 15) is 0 Å². The Labute approximate surface area is 174 Å². The second-order valence-electron chi connectivity index (χ2n) is 6.43. The number of ether oxygens (including phenoxy) is 2. The molecule has 0 saturated carbocycles. The summed E-state index contributed by atoms with van der Waals surface area (Å²) in [6.07, 6.45) is 0. The molecule has 0 aliphatic rings. The highest BCUT2D eigenvalue weighted by Gasteiger charge is 2.11. The first-order chi connectivity index (χ1) is 13.5. The van der Waals surface area contributed by atoms with Crippen molar-refractivity contribution in [3.8, 4) is 11.5 Å². The van der Waals surface area contributed by atoms with Crippen LogP contribution in [0.2, 0.25) is 5.02 Å². The largest absolute Gasteiger partial charge is 0.493 e. The average Bonchev–Trinajstić information content (AvgIpc) is 3.05. The van der Waals surface area contributed by atoms with Crippen molar-refractivity contribution in [1.82, 2.24) is 14.9 Å². The van der Waals surface area contributed by atoms with Gasteiger partial charge < -0.3 is 15.3 Å². The van der Waals surface area contributed by atoms with Crippen molar-refractivity contribution in [2.24, 2.45) is 0 Å². The molecule has 3 rings (SSSR count). The SMILES string of the molecule is CC(C)c1ccc(OCc2nnc(SCCOc3ccc(Cl)cc3)n2N)cc1. The van der Waals surface area contributed by atoms with Crippen LogP contribution in [0.3, 0.4) is 0 Å². The summed E-state index contributed by atoms with van der Waals surface area (Å²) in [6, 6.07) is 15.3. The molecule has 0 aliphatic carbocycles. The highest BCUT2D eigenvalue weighted by Crippen LogP contribution is 2.20. The van der Waals surface area contributed by atoms with Crippen molar-refractivity contribution >= 4 is 23.4 Å². The molecule has 0 aliphatic heterocycles. The molecule has 3 aromatic rings. The number of aromatic nitrogens is 3. The Morgan fingerprint density at radius 3 is 2.32 bits per heavy atom. The molecule has 0 amide bonds. The van der Waals surface area contributed by atoms with E-state index in [1.807, 2.05) is 24.3 Å². The molecule has 8 heteroatoms. The van der Waals surface area contributed by atoms with Gasteiger partial charge in [-0.25, -0.2) is 4.68 Å². The first kappa shape index (κ1) is 20.4. The van der Waals surface area contributed by atoms with Gasteiger partial charge in [-0.1, -0.05) is 49.3 Å². The zero-order chi connectivity index (χ0) is 19.9. The van der Waals surface area contributed by atoms with Crippen molar-refractivity contribution in [2.75, 3.05) is 18.2 Å². The van der Waals surface area contributed by atoms with Crippen LogP contribution < -0.4 is 15.3 Å². The Kier molecular flexibility index (Phi) is 7.06. The molecular formula is C20H23ClN4O2S. The van der Waals surface area contributed by atoms with Gasteiger partial charge in [0.15, 0.2) is 5.82 Å². The molecule has 2 N–H and O–H groups in total. The van der Waals surface area contributed by atoms with Crippen LogP contribution in [0.25, 0.3) is 0 Å². The van der Waals surface area contributed by atoms with Gasteiger partial charge in [0.05, 0.1) is 6.61 Å². The summed E-state index contributed by atoms with van der Waals surface area (Å²) < 4.78 is 12.9. The monoisotopic (exact) mass is 418 g/mol. The van der Waals surface area contributed by atoms with Crippen molar-refractivity contribution in [3.05, 3.63) is 64.9 Å². The number of nitrogens with zero attached hydrogens (tertiary/aromatic N) is 3. The summed E-state index contributed by atoms with van der Waals surface area (Å²) in [4.78, 5) is 0. The van der Waals surface area contributed by atoms with E-state index >= 15 is 0 Å². The van der Waals surface area contributed by atoms with Crippen LogP contribution in [-0.2, 0) is 6.61 Å². The zero-order valence-electron chi connectivity index (χ0n) is 15.8. The number of rotatable bonds is 9. The third kappa shape index (κ3) is 5.56. The van der Waals surface area contributed by atoms with Crippen molar-refractivity contribution in [3.63, 3.8) is 0 Å². The molecule has 1 heterocycles. The molecular weight excluding hydrogens is 396 g/mol. The molecule has 0 spiro atoms. The minimum Gasteiger partial charge on any atom is -0.493 e. The summed E-state index contributed by atoms with van der Waals surface area (Å²) in [6.45, 7) is 5.10. The molecule has 6 nitrogen and oxygen atoms in total. The lowest BCUT2D eigenvalue weighted by Gasteiger charge is -2.09. The van der Waals surface area contributed by atoms with E-state index in [0.29, 0.717) is 34.3 Å². The molecule has 0 radical (unpaired) electrons. The summed E-state index contributed by atoms with van der Waals surface area (Å²) in [5.74, 6) is 9.37. The van der Waals surface area contributed by atoms with Crippen LogP contribution in [0.15, 0.2) is 53.7 Å². The lowest BCUT2D eigenvalue weighted by Crippen LogP contribution is -2.16. The highest BCUT2D eigenvalue weighted by molar-refractivity contribution is 7.99. The first-order valence-electron chi connectivity index (χ1n) is 8.96. The minimum atomic E-state index is 0.256. The smallest absolute Gasteiger partial charge is 0.210 e. The lowest BCUT2D eigenvalue weighted by atomic mass is 10.0. The average molecular weight is 419 g/mol. The second-order valence-corrected chi connectivity index (χ2v) is 7.93. The first-order valence-corrected chi connectivity index (χ1v) is 10.3. The fourth-order valence-corrected chi connectivity index (χ4v) is 3.24. The van der Waals surface area contributed by atoms with Crippen LogP contribution in [0, 0.1) is 0 Å². The van der Waals surface area contributed by atoms with E-state index in [4.69, 9.17) is 26.9 Å². The van der Waals surface area contributed by atoms with E-state index < -0.39 is 0 Å². The lowest BCUT2D eigenvalue weighted by molar-refractivity contribution is 0.291. The molecule has 28 heavy (non-hydrogen) atoms. The van der Waals surface area contributed by atoms with Crippen LogP contribution in [0.4, 0.5) is 0 Å². The van der Waals surface area contributed by atoms with Gasteiger partial charge in [0.1, 0.15) is 18.1 Å². The summed E-state index contributed by atoms with van der Waals surface area (Å²) >= 11 is 7.33. The quantitative estimate of drug-likeness (QED) is 0.313. The summed E-state index contributed by atoms with van der Waals surface area (Å²) in [7, 11) is 0. The van der Waals surface area contributed by atoms with E-state index in [0.717, 1.165) is 11.5 Å². The van der Waals surface area contributed by atoms with E-state index in [1.165, 1.54) is 22.0 Å². The van der Waals surface area contributed by atoms with Crippen molar-refractivity contribution in [2.45, 2.75) is 31.5 Å². The fourth-order valence-electron chi connectivity index (χ4n) is 2.42. The van der Waals surface area contributed by atoms with Crippen molar-refractivity contribution in [1.29, 1.82) is 0 Å². The topological polar surface area (TPSA) is 75.2 Å². The van der Waals surface area contributed by atoms with Gasteiger partial charge in [0, 0.05) is 10.8 Å². The van der Waals surface area contributed by atoms with E-state index in [-0.39, 0.29) is 6.61 Å². The fraction of sp³-hybridized carbons (Fsp3) is 0.300. The Hall–Kier alpha value is -2.38. The molecule has 0 atom stereocenters. The maximum Gasteiger partial charge on any atom is 0.210 e. The Balaban J connectivity index is 1.46. The molecule has 0 bridgehead atoms. The van der Waals surface area contributed by atoms with Crippen LogP contribution in [0.1, 0.15) is 31.2 Å². The predicted octanol–water partition coefficient (Wildman–Crippen LogP) is 4.52. The number of thioether (sulfide) groups is 1. The molecule has 1 aromatic heterocycles. The maximum absolute atomic E-state index is 6.08. The Morgan fingerprint density at radius 1 is 1.00 bits per heavy atom. The predicted molar refractivity (Wildman–Crippen MR) is 113 cm³/mol. The molecule has 0 fully saturated rings. The van der Waals surface area contributed by atoms with Crippen LogP contribution in [0.5, 0.6) is 11.5 Å². The van der Waals surface area contributed by atoms with Gasteiger partial charge in [-0.15, -0.1) is 10.2 Å². The van der Waals surface area contributed by atoms with Gasteiger partial charge in [0.2, 0.25) is 5.16 Å². The summed E-state index contributed by atoms with van der Waals surface area (Å²) in [5, 5.41) is 9.53. The zero-order valence-corrected chi connectivity index (χ0v) is 17.4. The molecule has 0 unspecified atom stereocenters. The molecule has 2 aromatic carbocycles. The molecule has 148 valence electrons. The van der Waals surface area contributed by atoms with Crippen molar-refractivity contribution < 1.29 is 9.47 Å². The van der Waals surface area contributed by atoms with Gasteiger partial charge in [0.25, 0.3) is 0 Å². The van der Waals surface area contributed by atoms with E-state index in [2.05, 4.69) is 36.2 Å². The van der Waals surface area contributed by atoms with Crippen LogP contribution >= 0.6 is 23.4 Å². The number of benzene rings is 2. The standard InChI is InChI=1S/C20H23ClN4O2S/c1-14(2)15-3-7-18(8-4-15)27-13-19-23-24-20(25(19)22)28-12-11-26-17-9-5-16(21)6-10-17/h3-10,14H,11-13,22H2,1-2H3. The van der Waals surface area contributed by atoms with Crippen LogP contribution in [-0.4, -0.2) is 27.2 Å². The van der Waals surface area contributed by atoms with Gasteiger partial charge in [-0.2, -0.15) is 0 Å². The third-order valence-electron chi connectivity index (χ3n) is 4.05. The Bertz CT molecular complexity index is 882. The Morgan fingerprint density at radius 2 is 1.64 bits per heavy atom. The number of halogens is 1. The number of nitrogens with two attached hydrogens (primary N) is 1. The minimum absolute atomic E-state index is 0.256. The number of hydrogen-bond donors (Lipinski definition) is 1. The number of nitrogen functional groups attached to an aromatic ring is 1. The van der Waals surface area contributed by atoms with Gasteiger partial charge in [-0.3, -0.25) is 0 Å². The maximum atomic E-state index is 6.08. The third-order valence-corrected chi connectivity index (χ3v) is 5.21.